The van der Waals surface area contributed by atoms with Crippen LogP contribution in [0.25, 0.3) is 0 Å². The molecule has 2 aliphatic rings. The summed E-state index contributed by atoms with van der Waals surface area (Å²) in [6, 6.07) is 8.15. The van der Waals surface area contributed by atoms with E-state index in [0.717, 1.165) is 50.5 Å². The number of ether oxygens (including phenoxy) is 1. The molecule has 0 aliphatic carbocycles. The maximum Gasteiger partial charge on any atom is 0.322 e. The Balaban J connectivity index is 1.61. The summed E-state index contributed by atoms with van der Waals surface area (Å²) in [5.41, 5.74) is 2.21. The van der Waals surface area contributed by atoms with Crippen LogP contribution in [0.5, 0.6) is 0 Å². The van der Waals surface area contributed by atoms with Crippen LogP contribution in [0.4, 0.5) is 10.5 Å². The molecule has 4 nitrogen and oxygen atoms in total. The topological polar surface area (TPSA) is 41.6 Å². The van der Waals surface area contributed by atoms with Crippen molar-refractivity contribution < 1.29 is 9.53 Å². The third-order valence-electron chi connectivity index (χ3n) is 4.56. The Kier molecular flexibility index (Phi) is 4.40. The van der Waals surface area contributed by atoms with E-state index in [1.54, 1.807) is 11.8 Å². The second kappa shape index (κ2) is 6.28. The molecular weight excluding hydrogens is 284 g/mol. The second-order valence-electron chi connectivity index (χ2n) is 5.80. The summed E-state index contributed by atoms with van der Waals surface area (Å²) in [6.07, 6.45) is 5.13. The summed E-state index contributed by atoms with van der Waals surface area (Å²) in [5.74, 6) is 1.00. The molecule has 1 spiro atoms. The van der Waals surface area contributed by atoms with Crippen molar-refractivity contribution in [1.82, 2.24) is 4.90 Å². The zero-order chi connectivity index (χ0) is 14.7. The zero-order valence-corrected chi connectivity index (χ0v) is 13.2. The minimum absolute atomic E-state index is 0.0285. The maximum atomic E-state index is 12.4. The first-order valence-corrected chi connectivity index (χ1v) is 8.87. The van der Waals surface area contributed by atoms with E-state index in [4.69, 9.17) is 4.74 Å². The molecule has 21 heavy (non-hydrogen) atoms. The van der Waals surface area contributed by atoms with Gasteiger partial charge in [0.15, 0.2) is 0 Å². The van der Waals surface area contributed by atoms with Gasteiger partial charge in [-0.15, -0.1) is 0 Å². The van der Waals surface area contributed by atoms with Crippen molar-refractivity contribution in [2.45, 2.75) is 30.6 Å². The quantitative estimate of drug-likeness (QED) is 0.931. The van der Waals surface area contributed by atoms with Gasteiger partial charge < -0.3 is 15.0 Å². The van der Waals surface area contributed by atoms with E-state index in [1.807, 2.05) is 17.0 Å². The van der Waals surface area contributed by atoms with Crippen LogP contribution in [0.2, 0.25) is 0 Å². The summed E-state index contributed by atoms with van der Waals surface area (Å²) in [6.45, 7) is 2.40. The van der Waals surface area contributed by atoms with Crippen molar-refractivity contribution >= 4 is 23.5 Å². The summed E-state index contributed by atoms with van der Waals surface area (Å²) < 4.78 is 5.42. The van der Waals surface area contributed by atoms with Gasteiger partial charge in [0.05, 0.1) is 5.54 Å². The van der Waals surface area contributed by atoms with E-state index in [9.17, 15) is 4.79 Å². The lowest BCUT2D eigenvalue weighted by molar-refractivity contribution is -0.0600. The largest absolute Gasteiger partial charge is 0.381 e. The van der Waals surface area contributed by atoms with Gasteiger partial charge >= 0.3 is 6.03 Å². The predicted molar refractivity (Wildman–Crippen MR) is 86.8 cm³/mol. The first kappa shape index (κ1) is 14.7. The van der Waals surface area contributed by atoms with Crippen LogP contribution in [0.15, 0.2) is 24.3 Å². The third kappa shape index (κ3) is 3.04. The molecule has 1 N–H and O–H groups in total. The molecule has 0 unspecified atom stereocenters. The molecule has 2 heterocycles. The Labute approximate surface area is 130 Å². The Morgan fingerprint density at radius 1 is 1.29 bits per heavy atom. The molecule has 5 heteroatoms. The van der Waals surface area contributed by atoms with Gasteiger partial charge in [0, 0.05) is 31.2 Å². The van der Waals surface area contributed by atoms with Crippen LogP contribution in [0.1, 0.15) is 24.8 Å². The first-order valence-electron chi connectivity index (χ1n) is 7.48. The molecule has 1 aromatic rings. The lowest BCUT2D eigenvalue weighted by Gasteiger charge is -2.54. The highest BCUT2D eigenvalue weighted by Gasteiger charge is 2.48. The fourth-order valence-corrected chi connectivity index (χ4v) is 3.70. The van der Waals surface area contributed by atoms with Gasteiger partial charge in [0.1, 0.15) is 0 Å². The van der Waals surface area contributed by atoms with Gasteiger partial charge in [-0.3, -0.25) is 0 Å². The highest BCUT2D eigenvalue weighted by atomic mass is 32.2. The number of amides is 2. The number of thioether (sulfide) groups is 1. The van der Waals surface area contributed by atoms with E-state index in [-0.39, 0.29) is 11.6 Å². The lowest BCUT2D eigenvalue weighted by atomic mass is 9.78. The van der Waals surface area contributed by atoms with Crippen molar-refractivity contribution in [1.29, 1.82) is 0 Å². The van der Waals surface area contributed by atoms with Crippen LogP contribution in [-0.4, -0.2) is 42.5 Å². The smallest absolute Gasteiger partial charge is 0.322 e. The van der Waals surface area contributed by atoms with Gasteiger partial charge in [-0.25, -0.2) is 4.79 Å². The number of rotatable bonds is 3. The molecule has 2 fully saturated rings. The maximum absolute atomic E-state index is 12.4. The molecule has 2 amide bonds. The second-order valence-corrected chi connectivity index (χ2v) is 6.66. The summed E-state index contributed by atoms with van der Waals surface area (Å²) in [4.78, 5) is 14.4. The molecule has 0 saturated carbocycles. The number of carbonyl (C=O) groups is 1. The summed E-state index contributed by atoms with van der Waals surface area (Å²) in [5, 5.41) is 3.02. The van der Waals surface area contributed by atoms with Crippen molar-refractivity contribution in [2.75, 3.05) is 31.3 Å². The fraction of sp³-hybridized carbons (Fsp3) is 0.562. The monoisotopic (exact) mass is 306 g/mol. The van der Waals surface area contributed by atoms with Crippen molar-refractivity contribution in [3.63, 3.8) is 0 Å². The molecule has 114 valence electrons. The van der Waals surface area contributed by atoms with Crippen LogP contribution >= 0.6 is 11.8 Å². The van der Waals surface area contributed by atoms with Crippen molar-refractivity contribution in [2.24, 2.45) is 0 Å². The molecule has 0 bridgehead atoms. The number of nitrogens with one attached hydrogen (secondary N) is 1. The average molecular weight is 306 g/mol. The highest BCUT2D eigenvalue weighted by Crippen LogP contribution is 2.39. The van der Waals surface area contributed by atoms with Crippen LogP contribution < -0.4 is 5.32 Å². The number of nitrogens with zero attached hydrogens (tertiary/aromatic N) is 1. The number of anilines is 1. The van der Waals surface area contributed by atoms with Gasteiger partial charge in [-0.05, 0) is 43.2 Å². The zero-order valence-electron chi connectivity index (χ0n) is 12.4. The fourth-order valence-electron chi connectivity index (χ4n) is 3.17. The molecule has 3 rings (SSSR count). The first-order chi connectivity index (χ1) is 10.2. The summed E-state index contributed by atoms with van der Waals surface area (Å²) >= 11 is 1.80. The van der Waals surface area contributed by atoms with E-state index >= 15 is 0 Å². The Bertz CT molecular complexity index is 498. The van der Waals surface area contributed by atoms with Crippen molar-refractivity contribution in [3.8, 4) is 0 Å². The number of urea groups is 1. The minimum atomic E-state index is 0.0285. The lowest BCUT2D eigenvalue weighted by Crippen LogP contribution is -2.65. The Morgan fingerprint density at radius 3 is 2.57 bits per heavy atom. The molecule has 2 saturated heterocycles. The SMILES string of the molecule is CSCc1ccc(NC(=O)N2CCC23CCOCC3)cc1. The van der Waals surface area contributed by atoms with Gasteiger partial charge in [0.25, 0.3) is 0 Å². The minimum Gasteiger partial charge on any atom is -0.381 e. The predicted octanol–water partition coefficient (Wildman–Crippen LogP) is 3.34. The average Bonchev–Trinajstić information content (AvgIpc) is 2.49. The van der Waals surface area contributed by atoms with Crippen LogP contribution in [0.3, 0.4) is 0 Å². The molecule has 1 aromatic carbocycles. The number of benzene rings is 1. The van der Waals surface area contributed by atoms with E-state index < -0.39 is 0 Å². The number of carbonyl (C=O) groups excluding carboxylic acids is 1. The standard InChI is InChI=1S/C16H22N2O2S/c1-21-12-13-2-4-14(5-3-13)17-15(19)18-9-6-16(18)7-10-20-11-8-16/h2-5H,6-12H2,1H3,(H,17,19). The van der Waals surface area contributed by atoms with Crippen molar-refractivity contribution in [3.05, 3.63) is 29.8 Å². The molecule has 0 aromatic heterocycles. The van der Waals surface area contributed by atoms with E-state index in [2.05, 4.69) is 23.7 Å². The Hall–Kier alpha value is -1.20. The van der Waals surface area contributed by atoms with E-state index in [0.29, 0.717) is 0 Å². The van der Waals surface area contributed by atoms with Crippen LogP contribution in [-0.2, 0) is 10.5 Å². The number of hydrogen-bond donors (Lipinski definition) is 1. The molecule has 2 aliphatic heterocycles. The van der Waals surface area contributed by atoms with Gasteiger partial charge in [0.2, 0.25) is 0 Å². The summed E-state index contributed by atoms with van der Waals surface area (Å²) in [7, 11) is 0. The normalized spacial score (nSPS) is 20.1. The van der Waals surface area contributed by atoms with Gasteiger partial charge in [-0.1, -0.05) is 12.1 Å². The number of hydrogen-bond acceptors (Lipinski definition) is 3. The van der Waals surface area contributed by atoms with Crippen LogP contribution in [0, 0.1) is 0 Å². The van der Waals surface area contributed by atoms with E-state index in [1.165, 1.54) is 5.56 Å². The molecular formula is C16H22N2O2S. The van der Waals surface area contributed by atoms with Gasteiger partial charge in [-0.2, -0.15) is 11.8 Å². The molecule has 0 radical (unpaired) electrons. The Morgan fingerprint density at radius 2 is 2.00 bits per heavy atom. The third-order valence-corrected chi connectivity index (χ3v) is 5.18. The molecule has 0 atom stereocenters. The number of likely N-dealkylation sites (tertiary alicyclic amines) is 1. The highest BCUT2D eigenvalue weighted by molar-refractivity contribution is 7.97.